The van der Waals surface area contributed by atoms with Crippen LogP contribution in [-0.4, -0.2) is 10.9 Å². The van der Waals surface area contributed by atoms with E-state index in [4.69, 9.17) is 27.7 Å². The van der Waals surface area contributed by atoms with E-state index in [2.05, 4.69) is 5.16 Å². The lowest BCUT2D eigenvalue weighted by atomic mass is 9.96. The Kier molecular flexibility index (Phi) is 4.80. The standard InChI is InChI=1S/C22H13Cl2NO2/c23-17-11-6-12-18(24)21(17)22(26)16-10-5-4-9-15(16)19-13-20(27-25-19)14-7-2-1-3-8-14/h1-13H. The van der Waals surface area contributed by atoms with Crippen LogP contribution in [0.2, 0.25) is 10.0 Å². The van der Waals surface area contributed by atoms with E-state index in [0.29, 0.717) is 32.6 Å². The van der Waals surface area contributed by atoms with Crippen molar-refractivity contribution in [2.24, 2.45) is 0 Å². The largest absolute Gasteiger partial charge is 0.356 e. The summed E-state index contributed by atoms with van der Waals surface area (Å²) in [6.45, 7) is 0. The van der Waals surface area contributed by atoms with Crippen LogP contribution >= 0.6 is 23.2 Å². The van der Waals surface area contributed by atoms with Crippen LogP contribution in [0.15, 0.2) is 83.4 Å². The highest BCUT2D eigenvalue weighted by atomic mass is 35.5. The Morgan fingerprint density at radius 3 is 2.22 bits per heavy atom. The van der Waals surface area contributed by atoms with Gasteiger partial charge < -0.3 is 4.52 Å². The minimum Gasteiger partial charge on any atom is -0.356 e. The van der Waals surface area contributed by atoms with Crippen LogP contribution < -0.4 is 0 Å². The quantitative estimate of drug-likeness (QED) is 0.369. The molecule has 0 fully saturated rings. The number of carbonyl (C=O) groups excluding carboxylic acids is 1. The fourth-order valence-corrected chi connectivity index (χ4v) is 3.46. The van der Waals surface area contributed by atoms with Gasteiger partial charge >= 0.3 is 0 Å². The van der Waals surface area contributed by atoms with Gasteiger partial charge in [0.2, 0.25) is 0 Å². The molecule has 0 aliphatic heterocycles. The third-order valence-electron chi connectivity index (χ3n) is 4.21. The molecule has 0 unspecified atom stereocenters. The van der Waals surface area contributed by atoms with E-state index in [1.807, 2.05) is 48.5 Å². The van der Waals surface area contributed by atoms with Crippen LogP contribution in [0.4, 0.5) is 0 Å². The summed E-state index contributed by atoms with van der Waals surface area (Å²) in [7, 11) is 0. The number of nitrogens with zero attached hydrogens (tertiary/aromatic N) is 1. The van der Waals surface area contributed by atoms with Gasteiger partial charge in [0.15, 0.2) is 11.5 Å². The summed E-state index contributed by atoms with van der Waals surface area (Å²) in [6, 6.07) is 23.7. The van der Waals surface area contributed by atoms with Gasteiger partial charge in [0.25, 0.3) is 0 Å². The number of ketones is 1. The van der Waals surface area contributed by atoms with Crippen LogP contribution in [0.3, 0.4) is 0 Å². The van der Waals surface area contributed by atoms with Gasteiger partial charge in [0, 0.05) is 22.8 Å². The molecule has 0 aliphatic rings. The maximum absolute atomic E-state index is 13.1. The fourth-order valence-electron chi connectivity index (χ4n) is 2.89. The first-order valence-corrected chi connectivity index (χ1v) is 9.01. The van der Waals surface area contributed by atoms with Crippen LogP contribution in [-0.2, 0) is 0 Å². The van der Waals surface area contributed by atoms with Crippen LogP contribution in [0.1, 0.15) is 15.9 Å². The summed E-state index contributed by atoms with van der Waals surface area (Å²) in [5.41, 5.74) is 2.88. The molecule has 0 N–H and O–H groups in total. The normalized spacial score (nSPS) is 10.7. The first-order chi connectivity index (χ1) is 13.1. The maximum atomic E-state index is 13.1. The summed E-state index contributed by atoms with van der Waals surface area (Å²) < 4.78 is 5.48. The first-order valence-electron chi connectivity index (χ1n) is 8.25. The zero-order valence-electron chi connectivity index (χ0n) is 14.0. The molecule has 0 spiro atoms. The van der Waals surface area contributed by atoms with Gasteiger partial charge in [-0.3, -0.25) is 4.79 Å². The van der Waals surface area contributed by atoms with Gasteiger partial charge in [-0.1, -0.05) is 89.0 Å². The number of aromatic nitrogens is 1. The van der Waals surface area contributed by atoms with Crippen molar-refractivity contribution in [3.8, 4) is 22.6 Å². The number of hydrogen-bond acceptors (Lipinski definition) is 3. The number of halogens is 2. The van der Waals surface area contributed by atoms with Crippen molar-refractivity contribution in [1.82, 2.24) is 5.16 Å². The van der Waals surface area contributed by atoms with Gasteiger partial charge in [-0.25, -0.2) is 0 Å². The Balaban J connectivity index is 1.79. The smallest absolute Gasteiger partial charge is 0.196 e. The average Bonchev–Trinajstić information content (AvgIpc) is 3.18. The van der Waals surface area contributed by atoms with Crippen molar-refractivity contribution in [3.05, 3.63) is 100 Å². The Labute approximate surface area is 166 Å². The highest BCUT2D eigenvalue weighted by molar-refractivity contribution is 6.41. The minimum atomic E-state index is -0.259. The molecule has 27 heavy (non-hydrogen) atoms. The predicted molar refractivity (Wildman–Crippen MR) is 107 cm³/mol. The van der Waals surface area contributed by atoms with Crippen molar-refractivity contribution in [2.75, 3.05) is 0 Å². The van der Waals surface area contributed by atoms with Crippen LogP contribution in [0.5, 0.6) is 0 Å². The predicted octanol–water partition coefficient (Wildman–Crippen LogP) is 6.55. The number of benzene rings is 3. The van der Waals surface area contributed by atoms with Gasteiger partial charge in [0.05, 0.1) is 15.6 Å². The molecule has 4 aromatic rings. The molecule has 3 nitrogen and oxygen atoms in total. The average molecular weight is 394 g/mol. The summed E-state index contributed by atoms with van der Waals surface area (Å²) in [4.78, 5) is 13.1. The molecular weight excluding hydrogens is 381 g/mol. The molecule has 4 rings (SSSR count). The number of carbonyl (C=O) groups is 1. The Hall–Kier alpha value is -2.88. The van der Waals surface area contributed by atoms with E-state index < -0.39 is 0 Å². The molecule has 0 saturated heterocycles. The van der Waals surface area contributed by atoms with Gasteiger partial charge in [0.1, 0.15) is 5.69 Å². The third-order valence-corrected chi connectivity index (χ3v) is 4.84. The Morgan fingerprint density at radius 1 is 0.815 bits per heavy atom. The zero-order chi connectivity index (χ0) is 18.8. The van der Waals surface area contributed by atoms with Crippen molar-refractivity contribution in [3.63, 3.8) is 0 Å². The molecule has 3 aromatic carbocycles. The Bertz CT molecular complexity index is 1100. The van der Waals surface area contributed by atoms with Crippen LogP contribution in [0, 0.1) is 0 Å². The van der Waals surface area contributed by atoms with Crippen molar-refractivity contribution in [1.29, 1.82) is 0 Å². The van der Waals surface area contributed by atoms with Crippen molar-refractivity contribution >= 4 is 29.0 Å². The van der Waals surface area contributed by atoms with E-state index in [0.717, 1.165) is 5.56 Å². The molecule has 0 radical (unpaired) electrons. The molecule has 0 amide bonds. The lowest BCUT2D eigenvalue weighted by molar-refractivity contribution is 0.103. The second-order valence-corrected chi connectivity index (χ2v) is 6.73. The molecule has 0 saturated carbocycles. The van der Waals surface area contributed by atoms with E-state index in [9.17, 15) is 4.79 Å². The molecule has 0 aliphatic carbocycles. The zero-order valence-corrected chi connectivity index (χ0v) is 15.5. The molecule has 1 heterocycles. The van der Waals surface area contributed by atoms with Crippen molar-refractivity contribution < 1.29 is 9.32 Å². The monoisotopic (exact) mass is 393 g/mol. The summed E-state index contributed by atoms with van der Waals surface area (Å²) in [6.07, 6.45) is 0. The maximum Gasteiger partial charge on any atom is 0.196 e. The van der Waals surface area contributed by atoms with Gasteiger partial charge in [-0.05, 0) is 12.1 Å². The summed E-state index contributed by atoms with van der Waals surface area (Å²) in [5.74, 6) is 0.370. The van der Waals surface area contributed by atoms with E-state index in [-0.39, 0.29) is 11.3 Å². The lowest BCUT2D eigenvalue weighted by Crippen LogP contribution is -2.05. The fraction of sp³-hybridized carbons (Fsp3) is 0. The second kappa shape index (κ2) is 7.39. The lowest BCUT2D eigenvalue weighted by Gasteiger charge is -2.09. The molecule has 0 atom stereocenters. The van der Waals surface area contributed by atoms with E-state index in [1.165, 1.54) is 0 Å². The molecule has 5 heteroatoms. The SMILES string of the molecule is O=C(c1ccccc1-c1cc(-c2ccccc2)on1)c1c(Cl)cccc1Cl. The van der Waals surface area contributed by atoms with Gasteiger partial charge in [-0.15, -0.1) is 0 Å². The van der Waals surface area contributed by atoms with Crippen molar-refractivity contribution in [2.45, 2.75) is 0 Å². The topological polar surface area (TPSA) is 43.1 Å². The van der Waals surface area contributed by atoms with E-state index >= 15 is 0 Å². The van der Waals surface area contributed by atoms with E-state index in [1.54, 1.807) is 30.3 Å². The van der Waals surface area contributed by atoms with Crippen LogP contribution in [0.25, 0.3) is 22.6 Å². The highest BCUT2D eigenvalue weighted by Crippen LogP contribution is 2.32. The molecular formula is C22H13Cl2NO2. The summed E-state index contributed by atoms with van der Waals surface area (Å²) in [5, 5.41) is 4.78. The first kappa shape index (κ1) is 17.5. The molecule has 132 valence electrons. The third kappa shape index (κ3) is 3.39. The molecule has 1 aromatic heterocycles. The number of rotatable bonds is 4. The molecule has 0 bridgehead atoms. The highest BCUT2D eigenvalue weighted by Gasteiger charge is 2.21. The second-order valence-electron chi connectivity index (χ2n) is 5.91. The minimum absolute atomic E-state index is 0.259. The van der Waals surface area contributed by atoms with Gasteiger partial charge in [-0.2, -0.15) is 0 Å². The number of hydrogen-bond donors (Lipinski definition) is 0. The Morgan fingerprint density at radius 2 is 1.48 bits per heavy atom. The summed E-state index contributed by atoms with van der Waals surface area (Å²) >= 11 is 12.4.